The molecule has 0 heterocycles. The fourth-order valence-electron chi connectivity index (χ4n) is 1.97. The summed E-state index contributed by atoms with van der Waals surface area (Å²) in [4.78, 5) is 0.306. The van der Waals surface area contributed by atoms with Crippen molar-refractivity contribution in [2.75, 3.05) is 6.54 Å². The van der Waals surface area contributed by atoms with Crippen LogP contribution in [0.15, 0.2) is 59.5 Å². The maximum absolute atomic E-state index is 12.1. The maximum Gasteiger partial charge on any atom is 0.240 e. The Bertz CT molecular complexity index is 730. The number of sulfonamides is 1. The molecule has 0 saturated heterocycles. The monoisotopic (exact) mass is 315 g/mol. The predicted molar refractivity (Wildman–Crippen MR) is 91.2 cm³/mol. The second-order valence-corrected chi connectivity index (χ2v) is 7.08. The van der Waals surface area contributed by atoms with Crippen molar-refractivity contribution >= 4 is 16.1 Å². The summed E-state index contributed by atoms with van der Waals surface area (Å²) >= 11 is 0. The van der Waals surface area contributed by atoms with Gasteiger partial charge < -0.3 is 0 Å². The molecule has 0 aliphatic rings. The maximum atomic E-state index is 12.1. The fourth-order valence-corrected chi connectivity index (χ4v) is 3.02. The average Bonchev–Trinajstić information content (AvgIpc) is 2.49. The van der Waals surface area contributed by atoms with E-state index < -0.39 is 10.0 Å². The van der Waals surface area contributed by atoms with Crippen LogP contribution in [-0.4, -0.2) is 15.0 Å². The number of rotatable bonds is 6. The summed E-state index contributed by atoms with van der Waals surface area (Å²) in [6.07, 6.45) is 4.63. The van der Waals surface area contributed by atoms with Crippen LogP contribution in [0.3, 0.4) is 0 Å². The van der Waals surface area contributed by atoms with Crippen molar-refractivity contribution in [2.24, 2.45) is 0 Å². The molecule has 4 heteroatoms. The van der Waals surface area contributed by atoms with E-state index in [4.69, 9.17) is 0 Å². The van der Waals surface area contributed by atoms with Crippen LogP contribution in [-0.2, 0) is 10.0 Å². The van der Waals surface area contributed by atoms with Gasteiger partial charge >= 0.3 is 0 Å². The fraction of sp³-hybridized carbons (Fsp3) is 0.222. The van der Waals surface area contributed by atoms with Gasteiger partial charge in [0.05, 0.1) is 4.90 Å². The van der Waals surface area contributed by atoms with Crippen LogP contribution in [0.5, 0.6) is 0 Å². The Hall–Kier alpha value is -1.91. The lowest BCUT2D eigenvalue weighted by molar-refractivity contribution is 0.582. The first-order valence-corrected chi connectivity index (χ1v) is 8.75. The van der Waals surface area contributed by atoms with E-state index in [1.54, 1.807) is 24.3 Å². The van der Waals surface area contributed by atoms with E-state index in [0.717, 1.165) is 11.1 Å². The summed E-state index contributed by atoms with van der Waals surface area (Å²) in [6, 6.07) is 15.0. The van der Waals surface area contributed by atoms with E-state index in [9.17, 15) is 8.42 Å². The van der Waals surface area contributed by atoms with Crippen LogP contribution in [0.4, 0.5) is 0 Å². The van der Waals surface area contributed by atoms with Crippen molar-refractivity contribution in [3.05, 3.63) is 71.3 Å². The second kappa shape index (κ2) is 7.38. The van der Waals surface area contributed by atoms with Crippen molar-refractivity contribution in [2.45, 2.75) is 25.2 Å². The first-order valence-electron chi connectivity index (χ1n) is 7.27. The van der Waals surface area contributed by atoms with Crippen molar-refractivity contribution in [1.29, 1.82) is 0 Å². The Morgan fingerprint density at radius 2 is 1.45 bits per heavy atom. The molecular weight excluding hydrogens is 294 g/mol. The zero-order valence-corrected chi connectivity index (χ0v) is 13.7. The van der Waals surface area contributed by atoms with E-state index in [2.05, 4.69) is 16.9 Å². The van der Waals surface area contributed by atoms with Crippen molar-refractivity contribution in [3.63, 3.8) is 0 Å². The van der Waals surface area contributed by atoms with Crippen LogP contribution in [0.25, 0.3) is 6.08 Å². The van der Waals surface area contributed by atoms with Crippen LogP contribution >= 0.6 is 0 Å². The molecule has 3 nitrogen and oxygen atoms in total. The lowest BCUT2D eigenvalue weighted by Gasteiger charge is -2.05. The Labute approximate surface area is 132 Å². The molecule has 0 amide bonds. The number of nitrogens with one attached hydrogen (secondary N) is 1. The average molecular weight is 315 g/mol. The number of aryl methyl sites for hydroxylation is 2. The molecule has 0 unspecified atom stereocenters. The molecule has 0 bridgehead atoms. The largest absolute Gasteiger partial charge is 0.240 e. The van der Waals surface area contributed by atoms with Gasteiger partial charge in [0.25, 0.3) is 0 Å². The molecule has 22 heavy (non-hydrogen) atoms. The zero-order valence-electron chi connectivity index (χ0n) is 12.9. The van der Waals surface area contributed by atoms with Gasteiger partial charge in [-0.05, 0) is 38.0 Å². The van der Waals surface area contributed by atoms with Crippen LogP contribution in [0.1, 0.15) is 23.1 Å². The van der Waals surface area contributed by atoms with Gasteiger partial charge in [-0.15, -0.1) is 0 Å². The van der Waals surface area contributed by atoms with Gasteiger partial charge in [0.15, 0.2) is 0 Å². The lowest BCUT2D eigenvalue weighted by Crippen LogP contribution is -2.24. The normalized spacial score (nSPS) is 11.9. The third-order valence-corrected chi connectivity index (χ3v) is 4.80. The number of hydrogen-bond acceptors (Lipinski definition) is 2. The minimum Gasteiger partial charge on any atom is -0.211 e. The highest BCUT2D eigenvalue weighted by Gasteiger charge is 2.11. The van der Waals surface area contributed by atoms with E-state index in [0.29, 0.717) is 17.9 Å². The second-order valence-electron chi connectivity index (χ2n) is 5.31. The van der Waals surface area contributed by atoms with Crippen LogP contribution in [0.2, 0.25) is 0 Å². The van der Waals surface area contributed by atoms with Gasteiger partial charge in [0.1, 0.15) is 0 Å². The van der Waals surface area contributed by atoms with E-state index in [-0.39, 0.29) is 0 Å². The Kier molecular flexibility index (Phi) is 5.52. The summed E-state index contributed by atoms with van der Waals surface area (Å²) in [5, 5.41) is 0. The van der Waals surface area contributed by atoms with E-state index >= 15 is 0 Å². The minimum atomic E-state index is -3.41. The third kappa shape index (κ3) is 4.83. The summed E-state index contributed by atoms with van der Waals surface area (Å²) in [5.74, 6) is 0. The standard InChI is InChI=1S/C18H21NO2S/c1-15-6-10-17(11-7-15)5-3-4-14-19-22(20,21)18-12-8-16(2)9-13-18/h3,5-13,19H,4,14H2,1-2H3/b5-3-. The first kappa shape index (κ1) is 16.5. The molecule has 2 aromatic carbocycles. The van der Waals surface area contributed by atoms with Crippen LogP contribution < -0.4 is 4.72 Å². The van der Waals surface area contributed by atoms with Crippen molar-refractivity contribution in [3.8, 4) is 0 Å². The highest BCUT2D eigenvalue weighted by atomic mass is 32.2. The topological polar surface area (TPSA) is 46.2 Å². The van der Waals surface area contributed by atoms with Gasteiger partial charge in [-0.25, -0.2) is 13.1 Å². The molecule has 0 fully saturated rings. The van der Waals surface area contributed by atoms with E-state index in [1.165, 1.54) is 5.56 Å². The third-order valence-electron chi connectivity index (χ3n) is 3.32. The first-order chi connectivity index (χ1) is 10.5. The SMILES string of the molecule is Cc1ccc(/C=C\CCNS(=O)(=O)c2ccc(C)cc2)cc1. The summed E-state index contributed by atoms with van der Waals surface area (Å²) in [7, 11) is -3.41. The van der Waals surface area contributed by atoms with E-state index in [1.807, 2.05) is 38.1 Å². The predicted octanol–water partition coefficient (Wildman–Crippen LogP) is 3.69. The molecule has 0 aromatic heterocycles. The van der Waals surface area contributed by atoms with Crippen LogP contribution in [0, 0.1) is 13.8 Å². The Morgan fingerprint density at radius 1 is 0.909 bits per heavy atom. The van der Waals surface area contributed by atoms with Crippen molar-refractivity contribution in [1.82, 2.24) is 4.72 Å². The number of benzene rings is 2. The molecule has 0 saturated carbocycles. The van der Waals surface area contributed by atoms with Gasteiger partial charge in [-0.1, -0.05) is 59.7 Å². The zero-order chi connectivity index (χ0) is 16.0. The summed E-state index contributed by atoms with van der Waals surface area (Å²) in [6.45, 7) is 4.37. The molecule has 0 atom stereocenters. The molecule has 0 aliphatic heterocycles. The molecule has 116 valence electrons. The molecule has 1 N–H and O–H groups in total. The highest BCUT2D eigenvalue weighted by Crippen LogP contribution is 2.10. The minimum absolute atomic E-state index is 0.306. The molecule has 0 spiro atoms. The van der Waals surface area contributed by atoms with Gasteiger partial charge in [-0.3, -0.25) is 0 Å². The Balaban J connectivity index is 1.85. The molecular formula is C18H21NO2S. The van der Waals surface area contributed by atoms with Gasteiger partial charge in [0.2, 0.25) is 10.0 Å². The summed E-state index contributed by atoms with van der Waals surface area (Å²) < 4.78 is 26.8. The highest BCUT2D eigenvalue weighted by molar-refractivity contribution is 7.89. The quantitative estimate of drug-likeness (QED) is 0.827. The Morgan fingerprint density at radius 3 is 2.05 bits per heavy atom. The molecule has 0 aliphatic carbocycles. The smallest absolute Gasteiger partial charge is 0.211 e. The summed E-state index contributed by atoms with van der Waals surface area (Å²) in [5.41, 5.74) is 3.38. The molecule has 2 aromatic rings. The molecule has 0 radical (unpaired) electrons. The van der Waals surface area contributed by atoms with Crippen molar-refractivity contribution < 1.29 is 8.42 Å². The van der Waals surface area contributed by atoms with Gasteiger partial charge in [-0.2, -0.15) is 0 Å². The number of hydrogen-bond donors (Lipinski definition) is 1. The molecule has 2 rings (SSSR count). The van der Waals surface area contributed by atoms with Gasteiger partial charge in [0, 0.05) is 6.54 Å². The lowest BCUT2D eigenvalue weighted by atomic mass is 10.1.